The van der Waals surface area contributed by atoms with Gasteiger partial charge < -0.3 is 4.43 Å². The molecular weight excluding hydrogens is 382 g/mol. The molecule has 0 bridgehead atoms. The van der Waals surface area contributed by atoms with E-state index in [-0.39, 0.29) is 17.4 Å². The first-order valence-corrected chi connectivity index (χ1v) is 12.6. The van der Waals surface area contributed by atoms with Gasteiger partial charge in [0.1, 0.15) is 11.9 Å². The van der Waals surface area contributed by atoms with Gasteiger partial charge >= 0.3 is 0 Å². The molecule has 0 unspecified atom stereocenters. The van der Waals surface area contributed by atoms with Gasteiger partial charge in [-0.2, -0.15) is 9.92 Å². The third kappa shape index (κ3) is 4.34. The fourth-order valence-corrected chi connectivity index (χ4v) is 4.26. The average molecular weight is 410 g/mol. The predicted octanol–water partition coefficient (Wildman–Crippen LogP) is 5.78. The zero-order chi connectivity index (χ0) is 21.2. The molecule has 0 N–H and O–H groups in total. The summed E-state index contributed by atoms with van der Waals surface area (Å²) in [4.78, 5) is 19.5. The number of hydrogen-bond donors (Lipinski definition) is 0. The zero-order valence-corrected chi connectivity index (χ0v) is 18.6. The number of hydrogen-bond acceptors (Lipinski definition) is 3. The lowest BCUT2D eigenvalue weighted by molar-refractivity contribution is -0.117. The lowest BCUT2D eigenvalue weighted by Gasteiger charge is -2.36. The molecule has 2 heterocycles. The number of aliphatic imine (C=N–C) groups is 1. The number of carbonyl (C=O) groups is 1. The van der Waals surface area contributed by atoms with Crippen molar-refractivity contribution in [1.82, 2.24) is 0 Å². The van der Waals surface area contributed by atoms with Gasteiger partial charge in [0.15, 0.2) is 8.32 Å². The Hall–Kier alpha value is -2.67. The Morgan fingerprint density at radius 1 is 1.31 bits per heavy atom. The van der Waals surface area contributed by atoms with Crippen LogP contribution in [0.25, 0.3) is 16.0 Å². The summed E-state index contributed by atoms with van der Waals surface area (Å²) in [6, 6.07) is 7.69. The largest absolute Gasteiger partial charge is 0.417 e. The molecule has 1 amide bonds. The summed E-state index contributed by atoms with van der Waals surface area (Å²) in [5, 5.41) is 5.36. The molecule has 1 aromatic carbocycles. The second-order valence-electron chi connectivity index (χ2n) is 8.76. The second-order valence-corrected chi connectivity index (χ2v) is 13.6. The van der Waals surface area contributed by atoms with Gasteiger partial charge in [0.2, 0.25) is 5.91 Å². The molecule has 8 heteroatoms. The molecule has 0 saturated carbocycles. The summed E-state index contributed by atoms with van der Waals surface area (Å²) in [5.74, 6) is -0.162. The van der Waals surface area contributed by atoms with Crippen molar-refractivity contribution >= 4 is 31.2 Å². The molecule has 0 aliphatic carbocycles. The van der Waals surface area contributed by atoms with Gasteiger partial charge in [-0.15, -0.1) is 5.53 Å². The van der Waals surface area contributed by atoms with Gasteiger partial charge in [-0.05, 0) is 41.4 Å². The molecule has 7 nitrogen and oxygen atoms in total. The van der Waals surface area contributed by atoms with Crippen LogP contribution in [0, 0.1) is 0 Å². The molecule has 1 aromatic rings. The number of rotatable bonds is 5. The first kappa shape index (κ1) is 21.0. The summed E-state index contributed by atoms with van der Waals surface area (Å²) in [6.07, 6.45) is 4.32. The number of nitrogens with zero attached hydrogens (tertiary/aromatic N) is 5. The molecule has 29 heavy (non-hydrogen) atoms. The third-order valence-corrected chi connectivity index (χ3v) is 10.4. The number of benzene rings is 1. The highest BCUT2D eigenvalue weighted by Crippen LogP contribution is 2.39. The van der Waals surface area contributed by atoms with E-state index in [2.05, 4.69) is 49.0 Å². The molecule has 0 atom stereocenters. The summed E-state index contributed by atoms with van der Waals surface area (Å²) in [7, 11) is -1.87. The lowest BCUT2D eigenvalue weighted by atomic mass is 9.89. The number of fused-ring (bicyclic) bond motifs is 3. The topological polar surface area (TPSA) is 90.7 Å². The highest BCUT2D eigenvalue weighted by Gasteiger charge is 2.37. The van der Waals surface area contributed by atoms with Crippen LogP contribution in [0.1, 0.15) is 39.2 Å². The van der Waals surface area contributed by atoms with Gasteiger partial charge in [0.25, 0.3) is 0 Å². The van der Waals surface area contributed by atoms with E-state index in [0.717, 1.165) is 22.4 Å². The van der Waals surface area contributed by atoms with E-state index in [1.54, 1.807) is 12.3 Å². The molecule has 2 aliphatic heterocycles. The van der Waals surface area contributed by atoms with Gasteiger partial charge in [0.05, 0.1) is 12.1 Å². The molecule has 3 rings (SSSR count). The normalized spacial score (nSPS) is 16.7. The van der Waals surface area contributed by atoms with Crippen LogP contribution in [-0.2, 0) is 9.22 Å². The van der Waals surface area contributed by atoms with Crippen LogP contribution < -0.4 is 5.01 Å². The van der Waals surface area contributed by atoms with Crippen molar-refractivity contribution in [3.05, 3.63) is 58.1 Å². The van der Waals surface area contributed by atoms with Crippen molar-refractivity contribution in [2.75, 3.05) is 11.6 Å². The molecule has 0 radical (unpaired) electrons. The Bertz CT molecular complexity index is 966. The lowest BCUT2D eigenvalue weighted by Crippen LogP contribution is -2.41. The Morgan fingerprint density at radius 2 is 2.03 bits per heavy atom. The Kier molecular flexibility index (Phi) is 5.79. The smallest absolute Gasteiger partial charge is 0.250 e. The minimum atomic E-state index is -1.87. The van der Waals surface area contributed by atoms with Gasteiger partial charge in [-0.25, -0.2) is 4.99 Å². The third-order valence-electron chi connectivity index (χ3n) is 5.82. The summed E-state index contributed by atoms with van der Waals surface area (Å²) >= 11 is 0. The average Bonchev–Trinajstić information content (AvgIpc) is 2.78. The Labute approximate surface area is 172 Å². The van der Waals surface area contributed by atoms with Gasteiger partial charge in [0, 0.05) is 23.8 Å². The maximum absolute atomic E-state index is 12.3. The van der Waals surface area contributed by atoms with E-state index < -0.39 is 8.32 Å². The summed E-state index contributed by atoms with van der Waals surface area (Å²) in [5.41, 5.74) is 13.1. The number of dihydropyridines is 1. The molecule has 0 saturated heterocycles. The molecule has 152 valence electrons. The van der Waals surface area contributed by atoms with Crippen molar-refractivity contribution in [2.24, 2.45) is 10.2 Å². The quantitative estimate of drug-likeness (QED) is 0.267. The van der Waals surface area contributed by atoms with E-state index >= 15 is 0 Å². The molecule has 0 spiro atoms. The Morgan fingerprint density at radius 3 is 2.72 bits per heavy atom. The highest BCUT2D eigenvalue weighted by atomic mass is 28.4. The second kappa shape index (κ2) is 7.98. The van der Waals surface area contributed by atoms with E-state index in [1.165, 1.54) is 5.01 Å². The van der Waals surface area contributed by atoms with Gasteiger partial charge in [-0.3, -0.25) is 4.79 Å². The number of para-hydroxylation sites is 1. The molecule has 0 aromatic heterocycles. The number of carbonyl (C=O) groups excluding carboxylic acids is 1. The van der Waals surface area contributed by atoms with Crippen molar-refractivity contribution in [3.8, 4) is 0 Å². The number of allylic oxidation sites excluding steroid dienone is 2. The van der Waals surface area contributed by atoms with Crippen molar-refractivity contribution < 1.29 is 9.22 Å². The molecular formula is C21H27N5O2Si. The fraction of sp³-hybridized carbons (Fsp3) is 0.429. The number of anilines is 1. The van der Waals surface area contributed by atoms with Gasteiger partial charge in [-0.1, -0.05) is 39.0 Å². The maximum atomic E-state index is 12.3. The number of amides is 1. The van der Waals surface area contributed by atoms with Crippen LogP contribution in [0.5, 0.6) is 0 Å². The van der Waals surface area contributed by atoms with E-state index in [9.17, 15) is 4.79 Å². The van der Waals surface area contributed by atoms with E-state index in [4.69, 9.17) is 9.96 Å². The molecule has 2 aliphatic rings. The number of azide groups is 1. The van der Waals surface area contributed by atoms with Crippen LogP contribution in [0.4, 0.5) is 5.69 Å². The first-order chi connectivity index (χ1) is 13.6. The van der Waals surface area contributed by atoms with Crippen LogP contribution in [0.3, 0.4) is 0 Å². The van der Waals surface area contributed by atoms with Crippen molar-refractivity contribution in [3.63, 3.8) is 0 Å². The van der Waals surface area contributed by atoms with Crippen molar-refractivity contribution in [1.29, 1.82) is 0 Å². The van der Waals surface area contributed by atoms with E-state index in [0.29, 0.717) is 18.7 Å². The summed E-state index contributed by atoms with van der Waals surface area (Å²) < 4.78 is 6.35. The SMILES string of the molecule is CC(C)(C)[Si](C)(C)OCCC1=C2C(=NC(=O)C1)C=CN(N=[N+]=[N-])c1ccccc12. The van der Waals surface area contributed by atoms with Crippen LogP contribution in [0.15, 0.2) is 52.3 Å². The highest BCUT2D eigenvalue weighted by molar-refractivity contribution is 6.74. The zero-order valence-electron chi connectivity index (χ0n) is 17.6. The van der Waals surface area contributed by atoms with Crippen LogP contribution >= 0.6 is 0 Å². The summed E-state index contributed by atoms with van der Waals surface area (Å²) in [6.45, 7) is 11.7. The monoisotopic (exact) mass is 409 g/mol. The minimum Gasteiger partial charge on any atom is -0.417 e. The molecule has 0 fully saturated rings. The first-order valence-electron chi connectivity index (χ1n) is 9.74. The predicted molar refractivity (Wildman–Crippen MR) is 119 cm³/mol. The minimum absolute atomic E-state index is 0.132. The van der Waals surface area contributed by atoms with Crippen molar-refractivity contribution in [2.45, 2.75) is 51.7 Å². The van der Waals surface area contributed by atoms with E-state index in [1.807, 2.05) is 24.3 Å². The van der Waals surface area contributed by atoms with Crippen LogP contribution in [0.2, 0.25) is 18.1 Å². The maximum Gasteiger partial charge on any atom is 0.250 e. The van der Waals surface area contributed by atoms with Crippen LogP contribution in [-0.4, -0.2) is 26.5 Å². The standard InChI is InChI=1S/C21H27N5O2Si/c1-21(2,3)29(4,5)28-13-11-15-14-19(27)23-17-10-12-26(25-24-22)18-9-7-6-8-16(18)20(15)17/h6-10,12H,11,13-14H2,1-5H3. The fourth-order valence-electron chi connectivity index (χ4n) is 3.22. The Balaban J connectivity index is 2.00.